The molecule has 1 aromatic carbocycles. The minimum Gasteiger partial charge on any atom is -0.319 e. The van der Waals surface area contributed by atoms with Gasteiger partial charge in [0.25, 0.3) is 5.91 Å². The van der Waals surface area contributed by atoms with E-state index in [9.17, 15) is 13.6 Å². The zero-order chi connectivity index (χ0) is 16.4. The number of rotatable bonds is 3. The van der Waals surface area contributed by atoms with Gasteiger partial charge in [0.05, 0.1) is 11.4 Å². The fourth-order valence-electron chi connectivity index (χ4n) is 1.99. The van der Waals surface area contributed by atoms with Gasteiger partial charge in [-0.05, 0) is 31.2 Å². The van der Waals surface area contributed by atoms with E-state index in [0.29, 0.717) is 15.6 Å². The molecule has 2 aromatic heterocycles. The van der Waals surface area contributed by atoms with Crippen molar-refractivity contribution in [3.63, 3.8) is 0 Å². The molecule has 0 aliphatic heterocycles. The molecule has 0 radical (unpaired) electrons. The third-order valence-electron chi connectivity index (χ3n) is 3.09. The van der Waals surface area contributed by atoms with Crippen LogP contribution in [0.25, 0.3) is 10.6 Å². The van der Waals surface area contributed by atoms with Crippen molar-refractivity contribution in [2.45, 2.75) is 6.92 Å². The highest BCUT2D eigenvalue weighted by molar-refractivity contribution is 7.17. The van der Waals surface area contributed by atoms with E-state index in [4.69, 9.17) is 0 Å². The van der Waals surface area contributed by atoms with E-state index < -0.39 is 17.5 Å². The molecule has 1 amide bonds. The molecular weight excluding hydrogens is 320 g/mol. The third-order valence-corrected chi connectivity index (χ3v) is 4.29. The number of anilines is 1. The van der Waals surface area contributed by atoms with Crippen molar-refractivity contribution < 1.29 is 13.6 Å². The molecule has 1 N–H and O–H groups in total. The second-order valence-electron chi connectivity index (χ2n) is 4.75. The van der Waals surface area contributed by atoms with Crippen molar-refractivity contribution in [3.05, 3.63) is 64.9 Å². The highest BCUT2D eigenvalue weighted by Gasteiger charge is 2.18. The van der Waals surface area contributed by atoms with Gasteiger partial charge in [-0.1, -0.05) is 0 Å². The van der Waals surface area contributed by atoms with E-state index in [0.717, 1.165) is 23.8 Å². The fraction of sp³-hybridized carbons (Fsp3) is 0.0625. The van der Waals surface area contributed by atoms with E-state index in [-0.39, 0.29) is 5.69 Å². The van der Waals surface area contributed by atoms with Gasteiger partial charge in [0.15, 0.2) is 0 Å². The predicted octanol–water partition coefficient (Wildman–Crippen LogP) is 4.04. The van der Waals surface area contributed by atoms with Gasteiger partial charge in [0.1, 0.15) is 21.5 Å². The number of halogens is 2. The van der Waals surface area contributed by atoms with Crippen molar-refractivity contribution in [2.24, 2.45) is 0 Å². The molecular formula is C16H11F2N3OS. The Kier molecular flexibility index (Phi) is 4.12. The SMILES string of the molecule is Cc1nc(-c2cccnc2)sc1C(=O)Nc1cc(F)ccc1F. The number of thiazole rings is 1. The number of carbonyl (C=O) groups is 1. The molecule has 116 valence electrons. The van der Waals surface area contributed by atoms with Crippen molar-refractivity contribution in [1.82, 2.24) is 9.97 Å². The maximum absolute atomic E-state index is 13.6. The molecule has 0 unspecified atom stereocenters. The number of amides is 1. The highest BCUT2D eigenvalue weighted by atomic mass is 32.1. The molecule has 3 aromatic rings. The van der Waals surface area contributed by atoms with Gasteiger partial charge in [-0.15, -0.1) is 11.3 Å². The summed E-state index contributed by atoms with van der Waals surface area (Å²) in [5, 5.41) is 3.01. The number of aromatic nitrogens is 2. The van der Waals surface area contributed by atoms with Crippen LogP contribution in [0.1, 0.15) is 15.4 Å². The average Bonchev–Trinajstić information content (AvgIpc) is 2.94. The molecule has 3 rings (SSSR count). The van der Waals surface area contributed by atoms with E-state index >= 15 is 0 Å². The van der Waals surface area contributed by atoms with Gasteiger partial charge in [-0.3, -0.25) is 9.78 Å². The van der Waals surface area contributed by atoms with Gasteiger partial charge in [0, 0.05) is 24.0 Å². The van der Waals surface area contributed by atoms with Crippen LogP contribution in [0.3, 0.4) is 0 Å². The molecule has 23 heavy (non-hydrogen) atoms. The maximum Gasteiger partial charge on any atom is 0.267 e. The number of aryl methyl sites for hydroxylation is 1. The van der Waals surface area contributed by atoms with Gasteiger partial charge < -0.3 is 5.32 Å². The van der Waals surface area contributed by atoms with Crippen LogP contribution in [0.2, 0.25) is 0 Å². The average molecular weight is 331 g/mol. The molecule has 0 aliphatic rings. The van der Waals surface area contributed by atoms with Gasteiger partial charge in [-0.2, -0.15) is 0 Å². The Balaban J connectivity index is 1.88. The van der Waals surface area contributed by atoms with Crippen LogP contribution in [0.15, 0.2) is 42.7 Å². The van der Waals surface area contributed by atoms with E-state index in [1.807, 2.05) is 6.07 Å². The van der Waals surface area contributed by atoms with Crippen LogP contribution < -0.4 is 5.32 Å². The summed E-state index contributed by atoms with van der Waals surface area (Å²) in [5.41, 5.74) is 1.10. The Morgan fingerprint density at radius 1 is 1.26 bits per heavy atom. The zero-order valence-electron chi connectivity index (χ0n) is 12.0. The summed E-state index contributed by atoms with van der Waals surface area (Å²) in [6, 6.07) is 6.49. The third kappa shape index (κ3) is 3.24. The number of nitrogens with zero attached hydrogens (tertiary/aromatic N) is 2. The largest absolute Gasteiger partial charge is 0.319 e. The van der Waals surface area contributed by atoms with E-state index in [1.54, 1.807) is 25.4 Å². The lowest BCUT2D eigenvalue weighted by atomic mass is 10.2. The number of benzene rings is 1. The van der Waals surface area contributed by atoms with Crippen molar-refractivity contribution in [2.75, 3.05) is 5.32 Å². The Bertz CT molecular complexity index is 865. The molecule has 4 nitrogen and oxygen atoms in total. The standard InChI is InChI=1S/C16H11F2N3OS/c1-9-14(23-16(20-9)10-3-2-6-19-8-10)15(22)21-13-7-11(17)4-5-12(13)18/h2-8H,1H3,(H,21,22). The lowest BCUT2D eigenvalue weighted by Gasteiger charge is -2.05. The molecule has 2 heterocycles. The Morgan fingerprint density at radius 3 is 2.83 bits per heavy atom. The zero-order valence-corrected chi connectivity index (χ0v) is 12.8. The number of pyridine rings is 1. The molecule has 0 spiro atoms. The minimum absolute atomic E-state index is 0.203. The monoisotopic (exact) mass is 331 g/mol. The molecule has 0 saturated heterocycles. The molecule has 0 bridgehead atoms. The van der Waals surface area contributed by atoms with Crippen LogP contribution in [0.4, 0.5) is 14.5 Å². The topological polar surface area (TPSA) is 54.9 Å². The molecule has 0 saturated carbocycles. The number of carbonyl (C=O) groups excluding carboxylic acids is 1. The van der Waals surface area contributed by atoms with E-state index in [2.05, 4.69) is 15.3 Å². The summed E-state index contributed by atoms with van der Waals surface area (Å²) in [7, 11) is 0. The Hall–Kier alpha value is -2.67. The molecule has 0 aliphatic carbocycles. The van der Waals surface area contributed by atoms with Crippen LogP contribution in [0.5, 0.6) is 0 Å². The molecule has 7 heteroatoms. The summed E-state index contributed by atoms with van der Waals surface area (Å²) in [6.45, 7) is 1.69. The lowest BCUT2D eigenvalue weighted by Crippen LogP contribution is -2.12. The first-order valence-corrected chi connectivity index (χ1v) is 7.50. The smallest absolute Gasteiger partial charge is 0.267 e. The Morgan fingerprint density at radius 2 is 2.09 bits per heavy atom. The molecule has 0 atom stereocenters. The summed E-state index contributed by atoms with van der Waals surface area (Å²) in [6.07, 6.45) is 3.29. The maximum atomic E-state index is 13.6. The quantitative estimate of drug-likeness (QED) is 0.788. The second kappa shape index (κ2) is 6.21. The first-order chi connectivity index (χ1) is 11.0. The molecule has 0 fully saturated rings. The second-order valence-corrected chi connectivity index (χ2v) is 5.75. The van der Waals surface area contributed by atoms with Crippen LogP contribution >= 0.6 is 11.3 Å². The van der Waals surface area contributed by atoms with Crippen molar-refractivity contribution in [1.29, 1.82) is 0 Å². The number of nitrogens with one attached hydrogen (secondary N) is 1. The summed E-state index contributed by atoms with van der Waals surface area (Å²) in [4.78, 5) is 21.0. The minimum atomic E-state index is -0.700. The summed E-state index contributed by atoms with van der Waals surface area (Å²) >= 11 is 1.17. The fourth-order valence-corrected chi connectivity index (χ4v) is 2.94. The van der Waals surface area contributed by atoms with Crippen LogP contribution in [0, 0.1) is 18.6 Å². The predicted molar refractivity (Wildman–Crippen MR) is 84.4 cm³/mol. The first kappa shape index (κ1) is 15.2. The summed E-state index contributed by atoms with van der Waals surface area (Å²) < 4.78 is 26.8. The van der Waals surface area contributed by atoms with Crippen LogP contribution in [-0.4, -0.2) is 15.9 Å². The van der Waals surface area contributed by atoms with Gasteiger partial charge in [-0.25, -0.2) is 13.8 Å². The number of hydrogen-bond acceptors (Lipinski definition) is 4. The van der Waals surface area contributed by atoms with E-state index in [1.165, 1.54) is 11.3 Å². The normalized spacial score (nSPS) is 10.6. The first-order valence-electron chi connectivity index (χ1n) is 6.69. The Labute approximate surface area is 134 Å². The number of hydrogen-bond donors (Lipinski definition) is 1. The van der Waals surface area contributed by atoms with Crippen LogP contribution in [-0.2, 0) is 0 Å². The van der Waals surface area contributed by atoms with Crippen molar-refractivity contribution in [3.8, 4) is 10.6 Å². The lowest BCUT2D eigenvalue weighted by molar-refractivity contribution is 0.102. The van der Waals surface area contributed by atoms with Gasteiger partial charge in [0.2, 0.25) is 0 Å². The summed E-state index contributed by atoms with van der Waals surface area (Å²) in [5.74, 6) is -1.85. The van der Waals surface area contributed by atoms with Gasteiger partial charge >= 0.3 is 0 Å². The van der Waals surface area contributed by atoms with Crippen molar-refractivity contribution >= 4 is 22.9 Å². The highest BCUT2D eigenvalue weighted by Crippen LogP contribution is 2.28.